The molecular weight excluding hydrogens is 223 g/mol. The van der Waals surface area contributed by atoms with Crippen molar-refractivity contribution in [1.29, 1.82) is 0 Å². The van der Waals surface area contributed by atoms with Gasteiger partial charge in [-0.2, -0.15) is 0 Å². The van der Waals surface area contributed by atoms with Gasteiger partial charge in [-0.1, -0.05) is 17.9 Å². The lowest BCUT2D eigenvalue weighted by Crippen LogP contribution is -2.05. The average molecular weight is 236 g/mol. The van der Waals surface area contributed by atoms with E-state index >= 15 is 0 Å². The molecule has 0 unspecified atom stereocenters. The fraction of sp³-hybridized carbons (Fsp3) is 0.308. The van der Waals surface area contributed by atoms with Crippen LogP contribution in [0.15, 0.2) is 12.1 Å². The van der Waals surface area contributed by atoms with Crippen molar-refractivity contribution in [3.05, 3.63) is 34.6 Å². The monoisotopic (exact) mass is 236 g/mol. The highest BCUT2D eigenvalue weighted by Crippen LogP contribution is 2.17. The second kappa shape index (κ2) is 6.02. The highest BCUT2D eigenvalue weighted by Gasteiger charge is 2.16. The van der Waals surface area contributed by atoms with E-state index in [2.05, 4.69) is 11.8 Å². The van der Waals surface area contributed by atoms with Crippen molar-refractivity contribution >= 4 is 5.97 Å². The third-order valence-electron chi connectivity index (χ3n) is 2.25. The van der Waals surface area contributed by atoms with Gasteiger partial charge in [-0.15, -0.1) is 0 Å². The molecule has 0 amide bonds. The maximum absolute atomic E-state index is 13.4. The van der Waals surface area contributed by atoms with Gasteiger partial charge in [0.15, 0.2) is 0 Å². The predicted molar refractivity (Wildman–Crippen MR) is 61.3 cm³/mol. The minimum Gasteiger partial charge on any atom is -0.478 e. The number of aryl methyl sites for hydroxylation is 1. The largest absolute Gasteiger partial charge is 0.478 e. The number of carboxylic acid groups (broad SMARTS) is 1. The van der Waals surface area contributed by atoms with Gasteiger partial charge in [0, 0.05) is 18.6 Å². The van der Waals surface area contributed by atoms with E-state index < -0.39 is 11.8 Å². The molecule has 0 fully saturated rings. The van der Waals surface area contributed by atoms with Crippen molar-refractivity contribution in [2.24, 2.45) is 0 Å². The molecule has 4 heteroatoms. The number of rotatable bonds is 3. The summed E-state index contributed by atoms with van der Waals surface area (Å²) in [5, 5.41) is 17.5. The summed E-state index contributed by atoms with van der Waals surface area (Å²) in [5.41, 5.74) is 0.442. The summed E-state index contributed by atoms with van der Waals surface area (Å²) in [4.78, 5) is 10.9. The summed E-state index contributed by atoms with van der Waals surface area (Å²) in [7, 11) is 0. The van der Waals surface area contributed by atoms with Gasteiger partial charge in [0.05, 0.1) is 0 Å². The molecule has 0 heterocycles. The Balaban J connectivity index is 3.15. The Morgan fingerprint density at radius 1 is 1.47 bits per heavy atom. The number of unbranched alkanes of at least 4 members (excludes halogenated alkanes) is 1. The van der Waals surface area contributed by atoms with Crippen LogP contribution in [0.5, 0.6) is 0 Å². The lowest BCUT2D eigenvalue weighted by atomic mass is 10.0. The fourth-order valence-corrected chi connectivity index (χ4v) is 1.37. The van der Waals surface area contributed by atoms with Crippen molar-refractivity contribution in [3.8, 4) is 11.8 Å². The highest BCUT2D eigenvalue weighted by molar-refractivity contribution is 5.91. The van der Waals surface area contributed by atoms with Crippen LogP contribution in [-0.4, -0.2) is 22.8 Å². The van der Waals surface area contributed by atoms with Crippen LogP contribution in [0.3, 0.4) is 0 Å². The number of aliphatic hydroxyl groups is 1. The Labute approximate surface area is 98.9 Å². The molecule has 1 rings (SSSR count). The topological polar surface area (TPSA) is 57.5 Å². The Morgan fingerprint density at radius 3 is 2.76 bits per heavy atom. The summed E-state index contributed by atoms with van der Waals surface area (Å²) >= 11 is 0. The first-order valence-corrected chi connectivity index (χ1v) is 5.20. The molecule has 0 saturated carbocycles. The summed E-state index contributed by atoms with van der Waals surface area (Å²) in [6.07, 6.45) is 0.968. The molecule has 0 aromatic heterocycles. The van der Waals surface area contributed by atoms with Crippen LogP contribution in [-0.2, 0) is 0 Å². The first-order chi connectivity index (χ1) is 8.07. The van der Waals surface area contributed by atoms with Crippen LogP contribution in [0.4, 0.5) is 4.39 Å². The molecule has 0 aliphatic carbocycles. The average Bonchev–Trinajstić information content (AvgIpc) is 2.28. The fourth-order valence-electron chi connectivity index (χ4n) is 1.37. The van der Waals surface area contributed by atoms with Gasteiger partial charge < -0.3 is 10.2 Å². The molecule has 1 aromatic rings. The number of benzene rings is 1. The summed E-state index contributed by atoms with van der Waals surface area (Å²) in [6.45, 7) is 1.71. The zero-order valence-electron chi connectivity index (χ0n) is 9.46. The second-order valence-electron chi connectivity index (χ2n) is 3.55. The molecule has 3 nitrogen and oxygen atoms in total. The number of hydrogen-bond donors (Lipinski definition) is 2. The maximum atomic E-state index is 13.4. The number of aliphatic hydroxyl groups excluding tert-OH is 1. The van der Waals surface area contributed by atoms with E-state index in [9.17, 15) is 9.18 Å². The molecule has 0 spiro atoms. The first kappa shape index (κ1) is 13.2. The van der Waals surface area contributed by atoms with Crippen molar-refractivity contribution in [3.63, 3.8) is 0 Å². The van der Waals surface area contributed by atoms with Crippen molar-refractivity contribution in [1.82, 2.24) is 0 Å². The van der Waals surface area contributed by atoms with Crippen molar-refractivity contribution in [2.45, 2.75) is 19.8 Å². The highest BCUT2D eigenvalue weighted by atomic mass is 19.1. The number of carboxylic acids is 1. The van der Waals surface area contributed by atoms with Gasteiger partial charge in [0.2, 0.25) is 0 Å². The summed E-state index contributed by atoms with van der Waals surface area (Å²) < 4.78 is 13.4. The van der Waals surface area contributed by atoms with Gasteiger partial charge in [-0.05, 0) is 25.0 Å². The zero-order chi connectivity index (χ0) is 12.8. The Morgan fingerprint density at radius 2 is 2.18 bits per heavy atom. The number of halogens is 1. The predicted octanol–water partition coefficient (Wildman–Crippen LogP) is 1.96. The van der Waals surface area contributed by atoms with E-state index in [0.29, 0.717) is 18.4 Å². The van der Waals surface area contributed by atoms with E-state index in [1.165, 1.54) is 6.07 Å². The molecule has 0 radical (unpaired) electrons. The molecule has 90 valence electrons. The maximum Gasteiger partial charge on any atom is 0.339 e. The molecular formula is C13H13FO3. The van der Waals surface area contributed by atoms with Crippen molar-refractivity contribution in [2.75, 3.05) is 6.61 Å². The van der Waals surface area contributed by atoms with E-state index in [1.54, 1.807) is 6.92 Å². The van der Waals surface area contributed by atoms with Crippen LogP contribution in [0.2, 0.25) is 0 Å². The van der Waals surface area contributed by atoms with E-state index in [1.807, 2.05) is 0 Å². The third-order valence-corrected chi connectivity index (χ3v) is 2.25. The molecule has 0 aliphatic heterocycles. The van der Waals surface area contributed by atoms with Crippen LogP contribution in [0.25, 0.3) is 0 Å². The normalized spacial score (nSPS) is 9.59. The molecule has 1 aromatic carbocycles. The van der Waals surface area contributed by atoms with Crippen molar-refractivity contribution < 1.29 is 19.4 Å². The second-order valence-corrected chi connectivity index (χ2v) is 3.55. The van der Waals surface area contributed by atoms with Crippen LogP contribution in [0, 0.1) is 24.6 Å². The molecule has 17 heavy (non-hydrogen) atoms. The quantitative estimate of drug-likeness (QED) is 0.623. The summed E-state index contributed by atoms with van der Waals surface area (Å²) in [6, 6.07) is 2.62. The van der Waals surface area contributed by atoms with Crippen LogP contribution >= 0.6 is 0 Å². The molecule has 0 aliphatic rings. The Hall–Kier alpha value is -1.86. The van der Waals surface area contributed by atoms with E-state index in [4.69, 9.17) is 10.2 Å². The molecule has 2 N–H and O–H groups in total. The molecule has 0 atom stereocenters. The third kappa shape index (κ3) is 3.30. The molecule has 0 saturated heterocycles. The minimum absolute atomic E-state index is 0.0304. The number of hydrogen-bond acceptors (Lipinski definition) is 2. The van der Waals surface area contributed by atoms with Gasteiger partial charge >= 0.3 is 5.97 Å². The van der Waals surface area contributed by atoms with Gasteiger partial charge in [0.1, 0.15) is 11.4 Å². The smallest absolute Gasteiger partial charge is 0.339 e. The van der Waals surface area contributed by atoms with E-state index in [-0.39, 0.29) is 17.7 Å². The number of carbonyl (C=O) groups is 1. The van der Waals surface area contributed by atoms with E-state index in [0.717, 1.165) is 6.07 Å². The Bertz CT molecular complexity index is 483. The van der Waals surface area contributed by atoms with Gasteiger partial charge in [-0.25, -0.2) is 9.18 Å². The van der Waals surface area contributed by atoms with Gasteiger partial charge in [0.25, 0.3) is 0 Å². The lowest BCUT2D eigenvalue weighted by molar-refractivity contribution is 0.0691. The minimum atomic E-state index is -1.32. The standard InChI is InChI=1S/C13H13FO3/c1-9-6-7-11(14)12(13(16)17)10(9)5-3-2-4-8-15/h6-7,15H,2,4,8H2,1H3,(H,16,17). The first-order valence-electron chi connectivity index (χ1n) is 5.20. The zero-order valence-corrected chi connectivity index (χ0v) is 9.46. The summed E-state index contributed by atoms with van der Waals surface area (Å²) in [5.74, 6) is 3.28. The SMILES string of the molecule is Cc1ccc(F)c(C(=O)O)c1C#CCCCO. The number of aromatic carboxylic acids is 1. The van der Waals surface area contributed by atoms with Crippen LogP contribution in [0.1, 0.15) is 34.3 Å². The molecule has 0 bridgehead atoms. The lowest BCUT2D eigenvalue weighted by Gasteiger charge is -2.04. The Kier molecular flexibility index (Phi) is 4.68. The van der Waals surface area contributed by atoms with Crippen LogP contribution < -0.4 is 0 Å². The van der Waals surface area contributed by atoms with Gasteiger partial charge in [-0.3, -0.25) is 0 Å².